The van der Waals surface area contributed by atoms with E-state index < -0.39 is 11.9 Å². The van der Waals surface area contributed by atoms with Crippen molar-refractivity contribution in [2.75, 3.05) is 7.11 Å². The van der Waals surface area contributed by atoms with Crippen molar-refractivity contribution in [2.45, 2.75) is 25.2 Å². The SMILES string of the molecule is COC(=O)C(C(=O)C1CC2CC2C1)c1ccc(Cl)cc1. The zero-order chi connectivity index (χ0) is 14.3. The third kappa shape index (κ3) is 2.47. The largest absolute Gasteiger partial charge is 0.468 e. The van der Waals surface area contributed by atoms with Crippen LogP contribution in [0.1, 0.15) is 30.7 Å². The highest BCUT2D eigenvalue weighted by Crippen LogP contribution is 2.55. The first-order valence-corrected chi connectivity index (χ1v) is 7.35. The molecular weight excluding hydrogens is 276 g/mol. The van der Waals surface area contributed by atoms with Crippen LogP contribution >= 0.6 is 11.6 Å². The number of halogens is 1. The van der Waals surface area contributed by atoms with E-state index in [1.165, 1.54) is 13.5 Å². The molecule has 20 heavy (non-hydrogen) atoms. The van der Waals surface area contributed by atoms with Gasteiger partial charge < -0.3 is 4.74 Å². The summed E-state index contributed by atoms with van der Waals surface area (Å²) in [6.45, 7) is 0. The molecule has 0 heterocycles. The number of ether oxygens (including phenoxy) is 1. The van der Waals surface area contributed by atoms with E-state index in [0.29, 0.717) is 22.4 Å². The predicted molar refractivity (Wildman–Crippen MR) is 75.5 cm³/mol. The highest BCUT2D eigenvalue weighted by atomic mass is 35.5. The zero-order valence-electron chi connectivity index (χ0n) is 11.3. The fourth-order valence-electron chi connectivity index (χ4n) is 3.37. The lowest BCUT2D eigenvalue weighted by Gasteiger charge is -2.19. The van der Waals surface area contributed by atoms with Crippen LogP contribution in [0.2, 0.25) is 5.02 Å². The van der Waals surface area contributed by atoms with Gasteiger partial charge in [-0.2, -0.15) is 0 Å². The van der Waals surface area contributed by atoms with Crippen LogP contribution in [-0.2, 0) is 14.3 Å². The van der Waals surface area contributed by atoms with Gasteiger partial charge in [-0.25, -0.2) is 0 Å². The maximum absolute atomic E-state index is 12.7. The Labute approximate surface area is 123 Å². The Bertz CT molecular complexity index is 527. The molecule has 106 valence electrons. The summed E-state index contributed by atoms with van der Waals surface area (Å²) in [5.41, 5.74) is 0.673. The molecule has 4 heteroatoms. The Balaban J connectivity index is 1.83. The highest BCUT2D eigenvalue weighted by Gasteiger charge is 2.50. The number of fused-ring (bicyclic) bond motifs is 1. The quantitative estimate of drug-likeness (QED) is 0.632. The molecule has 2 saturated carbocycles. The molecule has 1 aromatic carbocycles. The smallest absolute Gasteiger partial charge is 0.320 e. The van der Waals surface area contributed by atoms with E-state index in [1.807, 2.05) is 0 Å². The Morgan fingerprint density at radius 2 is 1.75 bits per heavy atom. The van der Waals surface area contributed by atoms with Crippen molar-refractivity contribution in [1.29, 1.82) is 0 Å². The van der Waals surface area contributed by atoms with Gasteiger partial charge in [-0.15, -0.1) is 0 Å². The molecule has 3 nitrogen and oxygen atoms in total. The molecule has 0 saturated heterocycles. The second-order valence-corrected chi connectivity index (χ2v) is 6.27. The third-order valence-corrected chi connectivity index (χ3v) is 4.82. The molecule has 3 atom stereocenters. The van der Waals surface area contributed by atoms with E-state index in [1.54, 1.807) is 24.3 Å². The Hall–Kier alpha value is -1.35. The molecule has 0 aromatic heterocycles. The normalized spacial score (nSPS) is 28.6. The van der Waals surface area contributed by atoms with Crippen molar-refractivity contribution in [3.8, 4) is 0 Å². The van der Waals surface area contributed by atoms with Gasteiger partial charge in [0.05, 0.1) is 7.11 Å². The zero-order valence-corrected chi connectivity index (χ0v) is 12.1. The van der Waals surface area contributed by atoms with Gasteiger partial charge in [0.15, 0.2) is 5.78 Å². The van der Waals surface area contributed by atoms with Crippen molar-refractivity contribution >= 4 is 23.4 Å². The fraction of sp³-hybridized carbons (Fsp3) is 0.500. The molecule has 0 radical (unpaired) electrons. The maximum atomic E-state index is 12.7. The number of carbonyl (C=O) groups is 2. The number of hydrogen-bond donors (Lipinski definition) is 0. The van der Waals surface area contributed by atoms with Crippen LogP contribution < -0.4 is 0 Å². The minimum absolute atomic E-state index is 0.00590. The standard InChI is InChI=1S/C16H17ClO3/c1-20-16(19)14(9-2-4-13(17)5-3-9)15(18)12-7-10-6-11(10)8-12/h2-5,10-12,14H,6-8H2,1H3. The Morgan fingerprint density at radius 1 is 1.15 bits per heavy atom. The topological polar surface area (TPSA) is 43.4 Å². The lowest BCUT2D eigenvalue weighted by atomic mass is 9.85. The summed E-state index contributed by atoms with van der Waals surface area (Å²) in [6, 6.07) is 6.87. The van der Waals surface area contributed by atoms with Crippen molar-refractivity contribution < 1.29 is 14.3 Å². The summed E-state index contributed by atoms with van der Waals surface area (Å²) >= 11 is 5.86. The first kappa shape index (κ1) is 13.6. The third-order valence-electron chi connectivity index (χ3n) is 4.57. The van der Waals surface area contributed by atoms with Gasteiger partial charge in [0.2, 0.25) is 0 Å². The first-order chi connectivity index (χ1) is 9.60. The minimum Gasteiger partial charge on any atom is -0.468 e. The number of rotatable bonds is 4. The summed E-state index contributed by atoms with van der Waals surface area (Å²) in [7, 11) is 1.32. The Kier molecular flexibility index (Phi) is 3.55. The minimum atomic E-state index is -0.806. The van der Waals surface area contributed by atoms with E-state index in [4.69, 9.17) is 16.3 Å². The average molecular weight is 293 g/mol. The molecule has 0 amide bonds. The van der Waals surface area contributed by atoms with Crippen molar-refractivity contribution in [1.82, 2.24) is 0 Å². The monoisotopic (exact) mass is 292 g/mol. The number of hydrogen-bond acceptors (Lipinski definition) is 3. The predicted octanol–water partition coefficient (Wildman–Crippen LogP) is 3.21. The van der Waals surface area contributed by atoms with Crippen LogP contribution in [0, 0.1) is 17.8 Å². The van der Waals surface area contributed by atoms with Crippen LogP contribution in [0.3, 0.4) is 0 Å². The molecule has 1 aromatic rings. The summed E-state index contributed by atoms with van der Waals surface area (Å²) in [4.78, 5) is 24.7. The molecule has 2 aliphatic rings. The number of Topliss-reactive ketones (excluding diaryl/α,β-unsaturated/α-hetero) is 1. The van der Waals surface area contributed by atoms with Gasteiger partial charge in [0.1, 0.15) is 5.92 Å². The van der Waals surface area contributed by atoms with Crippen molar-refractivity contribution in [3.63, 3.8) is 0 Å². The van der Waals surface area contributed by atoms with Gasteiger partial charge in [-0.3, -0.25) is 9.59 Å². The first-order valence-electron chi connectivity index (χ1n) is 6.97. The van der Waals surface area contributed by atoms with Gasteiger partial charge in [-0.05, 0) is 48.8 Å². The number of ketones is 1. The Morgan fingerprint density at radius 3 is 2.30 bits per heavy atom. The molecule has 2 aliphatic carbocycles. The lowest BCUT2D eigenvalue weighted by Crippen LogP contribution is -2.28. The number of esters is 1. The molecular formula is C16H17ClO3. The van der Waals surface area contributed by atoms with Crippen LogP contribution in [0.15, 0.2) is 24.3 Å². The van der Waals surface area contributed by atoms with Gasteiger partial charge >= 0.3 is 5.97 Å². The van der Waals surface area contributed by atoms with E-state index in [2.05, 4.69) is 0 Å². The lowest BCUT2D eigenvalue weighted by molar-refractivity contribution is -0.146. The summed E-state index contributed by atoms with van der Waals surface area (Å²) < 4.78 is 4.82. The summed E-state index contributed by atoms with van der Waals surface area (Å²) in [6.07, 6.45) is 3.13. The van der Waals surface area contributed by atoms with Gasteiger partial charge in [-0.1, -0.05) is 23.7 Å². The molecule has 0 bridgehead atoms. The van der Waals surface area contributed by atoms with E-state index in [-0.39, 0.29) is 11.7 Å². The fourth-order valence-corrected chi connectivity index (χ4v) is 3.50. The van der Waals surface area contributed by atoms with Crippen molar-refractivity contribution in [2.24, 2.45) is 17.8 Å². The van der Waals surface area contributed by atoms with Crippen LogP contribution in [0.25, 0.3) is 0 Å². The van der Waals surface area contributed by atoms with E-state index >= 15 is 0 Å². The molecule has 3 unspecified atom stereocenters. The molecule has 0 spiro atoms. The summed E-state index contributed by atoms with van der Waals surface area (Å²) in [5, 5.41) is 0.590. The number of benzene rings is 1. The number of methoxy groups -OCH3 is 1. The molecule has 2 fully saturated rings. The highest BCUT2D eigenvalue weighted by molar-refractivity contribution is 6.30. The molecule has 0 aliphatic heterocycles. The van der Waals surface area contributed by atoms with Gasteiger partial charge in [0, 0.05) is 10.9 Å². The van der Waals surface area contributed by atoms with Gasteiger partial charge in [0.25, 0.3) is 0 Å². The average Bonchev–Trinajstić information content (AvgIpc) is 3.07. The number of carbonyl (C=O) groups excluding carboxylic acids is 2. The van der Waals surface area contributed by atoms with E-state index in [0.717, 1.165) is 12.8 Å². The second kappa shape index (κ2) is 5.21. The second-order valence-electron chi connectivity index (χ2n) is 5.83. The molecule has 3 rings (SSSR count). The van der Waals surface area contributed by atoms with Crippen LogP contribution in [-0.4, -0.2) is 18.9 Å². The van der Waals surface area contributed by atoms with Crippen LogP contribution in [0.4, 0.5) is 0 Å². The van der Waals surface area contributed by atoms with Crippen molar-refractivity contribution in [3.05, 3.63) is 34.9 Å². The van der Waals surface area contributed by atoms with Crippen LogP contribution in [0.5, 0.6) is 0 Å². The summed E-state index contributed by atoms with van der Waals surface area (Å²) in [5.74, 6) is 0.169. The maximum Gasteiger partial charge on any atom is 0.320 e. The molecule has 0 N–H and O–H groups in total. The van der Waals surface area contributed by atoms with E-state index in [9.17, 15) is 9.59 Å².